The molecule has 1 rings (SSSR count). The van der Waals surface area contributed by atoms with Gasteiger partial charge in [0.05, 0.1) is 6.33 Å². The second-order valence-corrected chi connectivity index (χ2v) is 5.41. The number of imidazole rings is 1. The van der Waals surface area contributed by atoms with E-state index in [9.17, 15) is 5.11 Å². The number of nitrogens with zero attached hydrogens (tertiary/aromatic N) is 2. The van der Waals surface area contributed by atoms with E-state index < -0.39 is 0 Å². The smallest absolute Gasteiger partial charge is 0.0946 e. The first kappa shape index (κ1) is 12.2. The van der Waals surface area contributed by atoms with Gasteiger partial charge in [-0.05, 0) is 24.2 Å². The van der Waals surface area contributed by atoms with Crippen LogP contribution in [0.3, 0.4) is 0 Å². The number of aliphatic hydroxyl groups excluding tert-OH is 1. The minimum Gasteiger partial charge on any atom is -0.396 e. The van der Waals surface area contributed by atoms with Gasteiger partial charge >= 0.3 is 0 Å². The van der Waals surface area contributed by atoms with Crippen LogP contribution in [0, 0.1) is 11.3 Å². The monoisotopic (exact) mass is 210 g/mol. The van der Waals surface area contributed by atoms with E-state index in [1.807, 2.05) is 10.8 Å². The van der Waals surface area contributed by atoms with Crippen LogP contribution in [0.2, 0.25) is 0 Å². The summed E-state index contributed by atoms with van der Waals surface area (Å²) in [5, 5.41) is 9.29. The van der Waals surface area contributed by atoms with Crippen molar-refractivity contribution in [2.24, 2.45) is 11.3 Å². The van der Waals surface area contributed by atoms with Gasteiger partial charge in [-0.1, -0.05) is 20.8 Å². The summed E-state index contributed by atoms with van der Waals surface area (Å²) in [5.74, 6) is 0.346. The molecule has 1 atom stereocenters. The van der Waals surface area contributed by atoms with Crippen LogP contribution < -0.4 is 0 Å². The number of rotatable bonds is 5. The Kier molecular flexibility index (Phi) is 4.33. The molecule has 0 spiro atoms. The highest BCUT2D eigenvalue weighted by molar-refractivity contribution is 4.76. The largest absolute Gasteiger partial charge is 0.396 e. The zero-order valence-corrected chi connectivity index (χ0v) is 9.98. The maximum absolute atomic E-state index is 9.29. The van der Waals surface area contributed by atoms with Crippen LogP contribution in [0.25, 0.3) is 0 Å². The third kappa shape index (κ3) is 4.98. The molecule has 0 saturated carbocycles. The first-order valence-corrected chi connectivity index (χ1v) is 5.58. The first-order chi connectivity index (χ1) is 7.01. The van der Waals surface area contributed by atoms with Crippen LogP contribution in [0.4, 0.5) is 0 Å². The Labute approximate surface area is 92.1 Å². The highest BCUT2D eigenvalue weighted by Crippen LogP contribution is 2.24. The third-order valence-corrected chi connectivity index (χ3v) is 2.59. The van der Waals surface area contributed by atoms with E-state index in [-0.39, 0.29) is 6.61 Å². The first-order valence-electron chi connectivity index (χ1n) is 5.58. The summed E-state index contributed by atoms with van der Waals surface area (Å²) in [6.07, 6.45) is 7.74. The van der Waals surface area contributed by atoms with Crippen LogP contribution in [0.5, 0.6) is 0 Å². The molecule has 1 aromatic rings. The van der Waals surface area contributed by atoms with Gasteiger partial charge in [0, 0.05) is 25.5 Å². The molecular formula is C12H22N2O. The molecule has 0 aliphatic carbocycles. The van der Waals surface area contributed by atoms with Crippen LogP contribution in [0.1, 0.15) is 33.6 Å². The van der Waals surface area contributed by atoms with Gasteiger partial charge in [-0.15, -0.1) is 0 Å². The Morgan fingerprint density at radius 2 is 2.13 bits per heavy atom. The molecule has 1 aromatic heterocycles. The zero-order chi connectivity index (χ0) is 11.3. The van der Waals surface area contributed by atoms with Crippen molar-refractivity contribution in [2.75, 3.05) is 6.61 Å². The zero-order valence-electron chi connectivity index (χ0n) is 9.98. The van der Waals surface area contributed by atoms with Crippen molar-refractivity contribution < 1.29 is 5.11 Å². The predicted molar refractivity (Wildman–Crippen MR) is 61.5 cm³/mol. The molecule has 1 N–H and O–H groups in total. The van der Waals surface area contributed by atoms with E-state index in [2.05, 4.69) is 25.8 Å². The fourth-order valence-electron chi connectivity index (χ4n) is 1.57. The molecule has 0 aliphatic heterocycles. The lowest BCUT2D eigenvalue weighted by atomic mass is 9.87. The van der Waals surface area contributed by atoms with Crippen molar-refractivity contribution in [1.82, 2.24) is 9.55 Å². The average Bonchev–Trinajstić information content (AvgIpc) is 2.63. The summed E-state index contributed by atoms with van der Waals surface area (Å²) in [5.41, 5.74) is 0.350. The Morgan fingerprint density at radius 3 is 2.60 bits per heavy atom. The van der Waals surface area contributed by atoms with Crippen molar-refractivity contribution in [3.05, 3.63) is 18.7 Å². The summed E-state index contributed by atoms with van der Waals surface area (Å²) in [4.78, 5) is 4.00. The molecule has 0 saturated heterocycles. The molecule has 3 heteroatoms. The van der Waals surface area contributed by atoms with E-state index in [1.165, 1.54) is 0 Å². The van der Waals surface area contributed by atoms with E-state index >= 15 is 0 Å². The summed E-state index contributed by atoms with van der Waals surface area (Å²) in [6, 6.07) is 0. The summed E-state index contributed by atoms with van der Waals surface area (Å²) in [7, 11) is 0. The molecule has 3 nitrogen and oxygen atoms in total. The van der Waals surface area contributed by atoms with Crippen LogP contribution in [0.15, 0.2) is 18.7 Å². The molecule has 0 unspecified atom stereocenters. The van der Waals surface area contributed by atoms with E-state index in [0.717, 1.165) is 19.4 Å². The summed E-state index contributed by atoms with van der Waals surface area (Å²) < 4.78 is 2.03. The second kappa shape index (κ2) is 5.31. The molecule has 15 heavy (non-hydrogen) atoms. The van der Waals surface area contributed by atoms with Crippen molar-refractivity contribution >= 4 is 0 Å². The van der Waals surface area contributed by atoms with E-state index in [4.69, 9.17) is 0 Å². The Bertz CT molecular complexity index is 262. The number of aliphatic hydroxyl groups is 1. The molecule has 0 aromatic carbocycles. The van der Waals surface area contributed by atoms with Crippen molar-refractivity contribution in [2.45, 2.75) is 40.2 Å². The maximum atomic E-state index is 9.29. The third-order valence-electron chi connectivity index (χ3n) is 2.59. The Hall–Kier alpha value is -0.830. The standard InChI is InChI=1S/C12H22N2O/c1-12(2,3)5-4-11(9-15)8-14-7-6-13-10-14/h6-7,10-11,15H,4-5,8-9H2,1-3H3/t11-/m0/s1. The number of aromatic nitrogens is 2. The van der Waals surface area contributed by atoms with Crippen molar-refractivity contribution in [1.29, 1.82) is 0 Å². The Balaban J connectivity index is 2.36. The molecule has 0 bridgehead atoms. The predicted octanol–water partition coefficient (Wildman–Crippen LogP) is 2.32. The Morgan fingerprint density at radius 1 is 1.40 bits per heavy atom. The summed E-state index contributed by atoms with van der Waals surface area (Å²) in [6.45, 7) is 7.83. The minimum atomic E-state index is 0.258. The lowest BCUT2D eigenvalue weighted by Gasteiger charge is -2.22. The van der Waals surface area contributed by atoms with Crippen LogP contribution in [-0.2, 0) is 6.54 Å². The van der Waals surface area contributed by atoms with E-state index in [1.54, 1.807) is 12.5 Å². The van der Waals surface area contributed by atoms with Crippen LogP contribution in [-0.4, -0.2) is 21.3 Å². The van der Waals surface area contributed by atoms with Gasteiger partial charge in [0.25, 0.3) is 0 Å². The van der Waals surface area contributed by atoms with Gasteiger partial charge in [0.1, 0.15) is 0 Å². The highest BCUT2D eigenvalue weighted by atomic mass is 16.3. The topological polar surface area (TPSA) is 38.0 Å². The maximum Gasteiger partial charge on any atom is 0.0946 e. The van der Waals surface area contributed by atoms with Gasteiger partial charge in [0.15, 0.2) is 0 Å². The minimum absolute atomic E-state index is 0.258. The van der Waals surface area contributed by atoms with Gasteiger partial charge in [-0.2, -0.15) is 0 Å². The molecule has 0 radical (unpaired) electrons. The van der Waals surface area contributed by atoms with E-state index in [0.29, 0.717) is 11.3 Å². The van der Waals surface area contributed by atoms with Gasteiger partial charge in [-0.25, -0.2) is 4.98 Å². The van der Waals surface area contributed by atoms with Crippen molar-refractivity contribution in [3.8, 4) is 0 Å². The fraction of sp³-hybridized carbons (Fsp3) is 0.750. The molecular weight excluding hydrogens is 188 g/mol. The molecule has 0 aliphatic rings. The molecule has 0 amide bonds. The van der Waals surface area contributed by atoms with Crippen molar-refractivity contribution in [3.63, 3.8) is 0 Å². The van der Waals surface area contributed by atoms with Gasteiger partial charge < -0.3 is 9.67 Å². The molecule has 0 fully saturated rings. The quantitative estimate of drug-likeness (QED) is 0.810. The van der Waals surface area contributed by atoms with Gasteiger partial charge in [0.2, 0.25) is 0 Å². The lowest BCUT2D eigenvalue weighted by molar-refractivity contribution is 0.185. The fourth-order valence-corrected chi connectivity index (χ4v) is 1.57. The number of hydrogen-bond acceptors (Lipinski definition) is 2. The number of hydrogen-bond donors (Lipinski definition) is 1. The highest BCUT2D eigenvalue weighted by Gasteiger charge is 2.15. The SMILES string of the molecule is CC(C)(C)CC[C@H](CO)Cn1ccnc1. The lowest BCUT2D eigenvalue weighted by Crippen LogP contribution is -2.17. The average molecular weight is 210 g/mol. The van der Waals surface area contributed by atoms with Crippen LogP contribution >= 0.6 is 0 Å². The summed E-state index contributed by atoms with van der Waals surface area (Å²) >= 11 is 0. The van der Waals surface area contributed by atoms with Gasteiger partial charge in [-0.3, -0.25) is 0 Å². The second-order valence-electron chi connectivity index (χ2n) is 5.41. The normalized spacial score (nSPS) is 14.1. The molecule has 1 heterocycles. The molecule has 86 valence electrons.